The van der Waals surface area contributed by atoms with Gasteiger partial charge in [-0.25, -0.2) is 0 Å². The van der Waals surface area contributed by atoms with E-state index in [2.05, 4.69) is 253 Å². The highest BCUT2D eigenvalue weighted by Crippen LogP contribution is 2.50. The van der Waals surface area contributed by atoms with Crippen molar-refractivity contribution in [3.05, 3.63) is 189 Å². The summed E-state index contributed by atoms with van der Waals surface area (Å²) in [5.41, 5.74) is 19.8. The minimum absolute atomic E-state index is 0.00491. The molecule has 0 radical (unpaired) electrons. The maximum Gasteiger partial charge on any atom is 0.0647 e. The van der Waals surface area contributed by atoms with Crippen LogP contribution in [0.15, 0.2) is 155 Å². The average Bonchev–Trinajstić information content (AvgIpc) is 3.72. The van der Waals surface area contributed by atoms with Crippen LogP contribution in [0.5, 0.6) is 0 Å². The fourth-order valence-electron chi connectivity index (χ4n) is 10.2. The van der Waals surface area contributed by atoms with Gasteiger partial charge in [-0.15, -0.1) is 11.3 Å². The number of hydrogen-bond acceptors (Lipinski definition) is 3. The van der Waals surface area contributed by atoms with Crippen molar-refractivity contribution < 1.29 is 0 Å². The molecule has 0 atom stereocenters. The molecule has 0 spiro atoms. The highest BCUT2D eigenvalue weighted by atomic mass is 79.9. The van der Waals surface area contributed by atoms with E-state index in [4.69, 9.17) is 0 Å². The van der Waals surface area contributed by atoms with Crippen molar-refractivity contribution in [2.75, 3.05) is 9.80 Å². The van der Waals surface area contributed by atoms with Crippen molar-refractivity contribution >= 4 is 71.5 Å². The Morgan fingerprint density at radius 1 is 0.471 bits per heavy atom. The molecule has 1 heterocycles. The summed E-state index contributed by atoms with van der Waals surface area (Å²) in [6, 6.07) is 55.9. The first-order chi connectivity index (χ1) is 32.3. The van der Waals surface area contributed by atoms with Crippen LogP contribution in [0.4, 0.5) is 34.1 Å². The maximum absolute atomic E-state index is 4.07. The number of thiophene rings is 1. The quantitative estimate of drug-likeness (QED) is 0.142. The van der Waals surface area contributed by atoms with Gasteiger partial charge in [-0.2, -0.15) is 0 Å². The minimum Gasteiger partial charge on any atom is -0.309 e. The van der Waals surface area contributed by atoms with Gasteiger partial charge in [-0.1, -0.05) is 172 Å². The molecule has 1 aliphatic carbocycles. The molecule has 0 aliphatic heterocycles. The number of fused-ring (bicyclic) bond motifs is 1. The van der Waals surface area contributed by atoms with Crippen molar-refractivity contribution in [2.45, 2.75) is 130 Å². The van der Waals surface area contributed by atoms with Crippen LogP contribution in [0.25, 0.3) is 32.3 Å². The van der Waals surface area contributed by atoms with E-state index in [1.165, 1.54) is 109 Å². The van der Waals surface area contributed by atoms with Crippen molar-refractivity contribution in [2.24, 2.45) is 0 Å². The first-order valence-electron chi connectivity index (χ1n) is 24.8. The number of benzene rings is 7. The van der Waals surface area contributed by atoms with Crippen LogP contribution >= 0.6 is 27.3 Å². The highest BCUT2D eigenvalue weighted by Gasteiger charge is 2.27. The van der Waals surface area contributed by atoms with Gasteiger partial charge in [-0.3, -0.25) is 0 Å². The molecule has 8 aromatic rings. The van der Waals surface area contributed by atoms with E-state index in [0.29, 0.717) is 5.92 Å². The number of halogens is 1. The predicted molar refractivity (Wildman–Crippen MR) is 301 cm³/mol. The fraction of sp³-hybridized carbons (Fsp3) is 0.312. The number of anilines is 6. The van der Waals surface area contributed by atoms with E-state index >= 15 is 0 Å². The first kappa shape index (κ1) is 47.6. The lowest BCUT2D eigenvalue weighted by atomic mass is 9.82. The van der Waals surface area contributed by atoms with Gasteiger partial charge in [0.25, 0.3) is 0 Å². The lowest BCUT2D eigenvalue weighted by molar-refractivity contribution is 0.444. The van der Waals surface area contributed by atoms with E-state index in [0.717, 1.165) is 27.2 Å². The highest BCUT2D eigenvalue weighted by molar-refractivity contribution is 9.10. The summed E-state index contributed by atoms with van der Waals surface area (Å²) < 4.78 is 2.34. The zero-order chi connectivity index (χ0) is 48.1. The second-order valence-corrected chi connectivity index (χ2v) is 24.3. The van der Waals surface area contributed by atoms with Crippen molar-refractivity contribution in [3.8, 4) is 22.3 Å². The summed E-state index contributed by atoms with van der Waals surface area (Å²) in [6.07, 6.45) is 6.47. The van der Waals surface area contributed by atoms with Crippen molar-refractivity contribution in [1.82, 2.24) is 0 Å². The van der Waals surface area contributed by atoms with E-state index in [9.17, 15) is 0 Å². The smallest absolute Gasteiger partial charge is 0.0647 e. The Morgan fingerprint density at radius 2 is 1.04 bits per heavy atom. The SMILES string of the molecule is Cc1cc(C)cc(-c2cc(C3CCCCC3)ccc2N(c2cccc(N(c3ccc(-c4ccc(C(C)(C)C)cc4)cc3)c3cc(C(C)(C)C)ccc3Br)c2)c2csc3ccc(C(C)(C)C)cc23)c1. The Balaban J connectivity index is 1.26. The van der Waals surface area contributed by atoms with Gasteiger partial charge in [0, 0.05) is 42.6 Å². The molecule has 1 fully saturated rings. The summed E-state index contributed by atoms with van der Waals surface area (Å²) >= 11 is 5.90. The third-order valence-electron chi connectivity index (χ3n) is 14.1. The summed E-state index contributed by atoms with van der Waals surface area (Å²) in [7, 11) is 0. The van der Waals surface area contributed by atoms with Crippen LogP contribution < -0.4 is 9.80 Å². The second-order valence-electron chi connectivity index (χ2n) is 22.6. The normalized spacial score (nSPS) is 13.8. The Kier molecular flexibility index (Phi) is 13.2. The van der Waals surface area contributed by atoms with E-state index in [1.54, 1.807) is 0 Å². The van der Waals surface area contributed by atoms with Gasteiger partial charge in [0.1, 0.15) is 0 Å². The van der Waals surface area contributed by atoms with E-state index in [-0.39, 0.29) is 16.2 Å². The summed E-state index contributed by atoms with van der Waals surface area (Å²) in [5, 5.41) is 3.66. The Labute approximate surface area is 420 Å². The maximum atomic E-state index is 4.07. The van der Waals surface area contributed by atoms with Crippen LogP contribution in [0, 0.1) is 13.8 Å². The molecule has 0 N–H and O–H groups in total. The largest absolute Gasteiger partial charge is 0.309 e. The molecule has 0 bridgehead atoms. The lowest BCUT2D eigenvalue weighted by Crippen LogP contribution is -2.16. The molecule has 0 amide bonds. The number of nitrogens with zero attached hydrogens (tertiary/aromatic N) is 2. The Morgan fingerprint density at radius 3 is 1.68 bits per heavy atom. The van der Waals surface area contributed by atoms with Gasteiger partial charge in [-0.05, 0) is 170 Å². The van der Waals surface area contributed by atoms with Crippen LogP contribution in [0.1, 0.15) is 134 Å². The molecule has 2 nitrogen and oxygen atoms in total. The molecule has 348 valence electrons. The second kappa shape index (κ2) is 18.8. The summed E-state index contributed by atoms with van der Waals surface area (Å²) in [4.78, 5) is 5.00. The predicted octanol–water partition coefficient (Wildman–Crippen LogP) is 20.5. The first-order valence-corrected chi connectivity index (χ1v) is 26.4. The number of hydrogen-bond donors (Lipinski definition) is 0. The van der Waals surface area contributed by atoms with E-state index < -0.39 is 0 Å². The fourth-order valence-corrected chi connectivity index (χ4v) is 11.5. The zero-order valence-corrected chi connectivity index (χ0v) is 44.6. The number of aryl methyl sites for hydroxylation is 2. The topological polar surface area (TPSA) is 6.48 Å². The molecule has 7 aromatic carbocycles. The van der Waals surface area contributed by atoms with Crippen LogP contribution in [-0.4, -0.2) is 0 Å². The molecule has 68 heavy (non-hydrogen) atoms. The van der Waals surface area contributed by atoms with Gasteiger partial charge in [0.15, 0.2) is 0 Å². The van der Waals surface area contributed by atoms with Crippen molar-refractivity contribution in [3.63, 3.8) is 0 Å². The molecule has 4 heteroatoms. The molecule has 0 unspecified atom stereocenters. The third-order valence-corrected chi connectivity index (χ3v) is 15.8. The summed E-state index contributed by atoms with van der Waals surface area (Å²) in [5.74, 6) is 0.584. The zero-order valence-electron chi connectivity index (χ0n) is 42.2. The molecule has 9 rings (SSSR count). The number of rotatable bonds is 9. The average molecular weight is 978 g/mol. The molecule has 1 aliphatic rings. The van der Waals surface area contributed by atoms with Gasteiger partial charge >= 0.3 is 0 Å². The summed E-state index contributed by atoms with van der Waals surface area (Å²) in [6.45, 7) is 25.1. The minimum atomic E-state index is -0.0386. The molecular weight excluding hydrogens is 909 g/mol. The Bertz CT molecular complexity index is 3050. The van der Waals surface area contributed by atoms with Crippen LogP contribution in [0.2, 0.25) is 0 Å². The molecule has 1 saturated carbocycles. The van der Waals surface area contributed by atoms with Crippen LogP contribution in [0.3, 0.4) is 0 Å². The molecular formula is C64H69BrN2S. The van der Waals surface area contributed by atoms with Gasteiger partial charge in [0.2, 0.25) is 0 Å². The Hall–Kier alpha value is -5.42. The van der Waals surface area contributed by atoms with Crippen molar-refractivity contribution in [1.29, 1.82) is 0 Å². The van der Waals surface area contributed by atoms with Gasteiger partial charge < -0.3 is 9.80 Å². The van der Waals surface area contributed by atoms with Crippen LogP contribution in [-0.2, 0) is 16.2 Å². The van der Waals surface area contributed by atoms with E-state index in [1.807, 2.05) is 11.3 Å². The standard InChI is InChI=1S/C64H69BrN2S/c1-42-34-43(2)36-48(35-42)55-37-47(44-16-13-12-14-17-44)24-32-58(55)67(60-41-68-61-33-28-50(38-56(60)61)63(6,7)8)54-19-15-18-53(40-54)66(59-39-51(64(9,10)11)27-31-57(59)65)52-29-22-46(23-30-52)45-20-25-49(26-21-45)62(3,4)5/h15,18-41,44H,12-14,16-17H2,1-11H3. The monoisotopic (exact) mass is 976 g/mol. The third kappa shape index (κ3) is 10.0. The lowest BCUT2D eigenvalue weighted by Gasteiger charge is -2.32. The molecule has 1 aromatic heterocycles. The van der Waals surface area contributed by atoms with Gasteiger partial charge in [0.05, 0.1) is 17.1 Å². The molecule has 0 saturated heterocycles.